The largest absolute Gasteiger partial charge is 0.512 e. The Kier molecular flexibility index (Phi) is 15.4. The topological polar surface area (TPSA) is 63.1 Å². The smallest absolute Gasteiger partial charge is 0.162 e. The van der Waals surface area contributed by atoms with Gasteiger partial charge in [-0.05, 0) is 73.3 Å². The molecule has 0 unspecified atom stereocenters. The van der Waals surface area contributed by atoms with Gasteiger partial charge in [-0.15, -0.1) is 40.1 Å². The Labute approximate surface area is 358 Å². The van der Waals surface area contributed by atoms with Crippen LogP contribution in [-0.2, 0) is 24.9 Å². The van der Waals surface area contributed by atoms with Gasteiger partial charge in [-0.3, -0.25) is 9.78 Å². The van der Waals surface area contributed by atoms with Crippen molar-refractivity contribution in [2.24, 2.45) is 22.7 Å². The third-order valence-corrected chi connectivity index (χ3v) is 19.7. The molecule has 1 N–H and O–H groups in total. The van der Waals surface area contributed by atoms with Gasteiger partial charge in [0.25, 0.3) is 0 Å². The summed E-state index contributed by atoms with van der Waals surface area (Å²) >= 11 is 1.79. The van der Waals surface area contributed by atoms with E-state index >= 15 is 0 Å². The number of rotatable bonds is 13. The molecule has 305 valence electrons. The van der Waals surface area contributed by atoms with E-state index in [0.29, 0.717) is 16.7 Å². The molecule has 1 saturated carbocycles. The zero-order valence-electron chi connectivity index (χ0n) is 37.0. The molecule has 5 aromatic rings. The molecule has 1 aliphatic rings. The number of aliphatic hydroxyl groups is 1. The van der Waals surface area contributed by atoms with Crippen LogP contribution < -0.4 is 5.19 Å². The molecule has 0 bridgehead atoms. The number of thiophene rings is 1. The maximum absolute atomic E-state index is 11.7. The first kappa shape index (κ1) is 44.4. The first-order valence-corrected chi connectivity index (χ1v) is 24.6. The minimum Gasteiger partial charge on any atom is -0.512 e. The van der Waals surface area contributed by atoms with Crippen molar-refractivity contribution in [3.63, 3.8) is 0 Å². The molecule has 0 spiro atoms. The number of fused-ring (bicyclic) bond motifs is 4. The van der Waals surface area contributed by atoms with E-state index in [4.69, 9.17) is 6.35 Å². The summed E-state index contributed by atoms with van der Waals surface area (Å²) in [6, 6.07) is 25.5. The molecule has 4 nitrogen and oxygen atoms in total. The molecular weight excluding hydrogens is 901 g/mol. The maximum atomic E-state index is 11.7. The molecule has 2 aromatic heterocycles. The predicted octanol–water partition coefficient (Wildman–Crippen LogP) is 14.4. The number of aliphatic hydroxyl groups excluding tert-OH is 1. The summed E-state index contributed by atoms with van der Waals surface area (Å²) in [5.74, 6) is 1.11. The van der Waals surface area contributed by atoms with E-state index in [-0.39, 0.29) is 49.8 Å². The van der Waals surface area contributed by atoms with Crippen molar-refractivity contribution in [1.29, 1.82) is 0 Å². The average Bonchev–Trinajstić information content (AvgIpc) is 3.53. The standard InChI is InChI=1S/C36H43N2SSi.C13H24O2.Ir/c1-8-40(9-2,10-3)31-19-26(17-25-13-11-12-14-28(25)31)32-34-33(38-23-37-32)29-16-15-24(18-30(29)39-34)27-20-35(4,5)22-36(6,7)21-27;1-5-10(6-2)12(14)9-13(15)11(7-3)8-4;/h11-16,18-19,23,27H,8-10,20-22H2,1-7H3;9-11,14H,5-8H2,1-4H3;/q-1;;/b;12-9-;/i23D;;. The molecular formula is C49H67IrN2O2SSi-. The van der Waals surface area contributed by atoms with Gasteiger partial charge in [-0.2, -0.15) is 0 Å². The monoisotopic (exact) mass is 969 g/mol. The summed E-state index contributed by atoms with van der Waals surface area (Å²) in [6.45, 7) is 24.9. The van der Waals surface area contributed by atoms with E-state index in [1.54, 1.807) is 11.3 Å². The van der Waals surface area contributed by atoms with Crippen LogP contribution in [0.5, 0.6) is 0 Å². The Balaban J connectivity index is 0.000000385. The van der Waals surface area contributed by atoms with Gasteiger partial charge in [0, 0.05) is 58.5 Å². The van der Waals surface area contributed by atoms with Crippen LogP contribution in [0.15, 0.2) is 66.7 Å². The second kappa shape index (κ2) is 19.4. The van der Waals surface area contributed by atoms with Crippen LogP contribution in [0, 0.1) is 28.7 Å². The molecule has 0 saturated heterocycles. The van der Waals surface area contributed by atoms with Gasteiger partial charge in [0.2, 0.25) is 0 Å². The number of hydrogen-bond donors (Lipinski definition) is 1. The van der Waals surface area contributed by atoms with Crippen LogP contribution in [0.2, 0.25) is 18.1 Å². The van der Waals surface area contributed by atoms with Crippen molar-refractivity contribution in [1.82, 2.24) is 9.97 Å². The van der Waals surface area contributed by atoms with Crippen LogP contribution in [0.25, 0.3) is 42.3 Å². The molecule has 0 atom stereocenters. The quantitative estimate of drug-likeness (QED) is 0.0553. The Hall–Kier alpha value is -2.70. The van der Waals surface area contributed by atoms with Crippen molar-refractivity contribution in [3.8, 4) is 11.3 Å². The summed E-state index contributed by atoms with van der Waals surface area (Å²) < 4.78 is 10.9. The Morgan fingerprint density at radius 3 is 2.09 bits per heavy atom. The van der Waals surface area contributed by atoms with Crippen LogP contribution in [0.4, 0.5) is 0 Å². The predicted molar refractivity (Wildman–Crippen MR) is 242 cm³/mol. The number of benzene rings is 3. The number of carbonyl (C=O) groups is 1. The second-order valence-electron chi connectivity index (χ2n) is 17.8. The Morgan fingerprint density at radius 2 is 1.50 bits per heavy atom. The average molecular weight is 969 g/mol. The van der Waals surface area contributed by atoms with Crippen LogP contribution in [-0.4, -0.2) is 28.9 Å². The van der Waals surface area contributed by atoms with Crippen molar-refractivity contribution in [2.45, 2.75) is 145 Å². The Bertz CT molecular complexity index is 2160. The van der Waals surface area contributed by atoms with Crippen molar-refractivity contribution in [3.05, 3.63) is 78.3 Å². The van der Waals surface area contributed by atoms with Gasteiger partial charge in [0.05, 0.1) is 19.3 Å². The maximum Gasteiger partial charge on any atom is 0.162 e. The van der Waals surface area contributed by atoms with E-state index in [2.05, 4.69) is 108 Å². The molecule has 7 heteroatoms. The number of allylic oxidation sites excluding steroid dienone is 2. The zero-order chi connectivity index (χ0) is 41.0. The van der Waals surface area contributed by atoms with Gasteiger partial charge in [-0.25, -0.2) is 4.98 Å². The first-order valence-electron chi connectivity index (χ1n) is 21.7. The van der Waals surface area contributed by atoms with Gasteiger partial charge in [0.15, 0.2) is 5.78 Å². The number of hydrogen-bond acceptors (Lipinski definition) is 5. The van der Waals surface area contributed by atoms with Gasteiger partial charge >= 0.3 is 0 Å². The summed E-state index contributed by atoms with van der Waals surface area (Å²) in [7, 11) is -1.69. The molecule has 56 heavy (non-hydrogen) atoms. The van der Waals surface area contributed by atoms with Gasteiger partial charge in [0.1, 0.15) is 7.67 Å². The van der Waals surface area contributed by atoms with Gasteiger partial charge in [-0.1, -0.05) is 136 Å². The summed E-state index contributed by atoms with van der Waals surface area (Å²) in [5, 5.41) is 14.9. The van der Waals surface area contributed by atoms with E-state index in [9.17, 15) is 9.90 Å². The minimum atomic E-state index is -1.69. The van der Waals surface area contributed by atoms with E-state index in [1.165, 1.54) is 64.3 Å². The summed E-state index contributed by atoms with van der Waals surface area (Å²) in [6.07, 6.45) is 8.71. The molecule has 1 aliphatic carbocycles. The SMILES string of the molecule is CCC(CC)C(=O)/C=C(\O)C(CC)CC.[2H]c1nc(-c2[c-]c3ccccc3c([Si](CC)(CC)CC)c2)c2sc3cc(C4CC(C)(C)CC(C)(C)C4)ccc3c2n1.[Ir]. The number of nitrogens with zero attached hydrogens (tertiary/aromatic N) is 2. The number of aromatic nitrogens is 2. The van der Waals surface area contributed by atoms with E-state index in [1.807, 2.05) is 27.7 Å². The fraction of sp³-hybridized carbons (Fsp3) is 0.531. The zero-order valence-corrected chi connectivity index (χ0v) is 40.2. The summed E-state index contributed by atoms with van der Waals surface area (Å²) in [5.41, 5.74) is 4.91. The molecule has 1 radical (unpaired) electrons. The molecule has 1 fully saturated rings. The van der Waals surface area contributed by atoms with Gasteiger partial charge < -0.3 is 5.11 Å². The van der Waals surface area contributed by atoms with Crippen LogP contribution >= 0.6 is 11.3 Å². The number of carbonyl (C=O) groups excluding carboxylic acids is 1. The molecule has 0 aliphatic heterocycles. The van der Waals surface area contributed by atoms with Crippen molar-refractivity contribution >= 4 is 61.5 Å². The molecule has 6 rings (SSSR count). The van der Waals surface area contributed by atoms with Crippen LogP contribution in [0.1, 0.15) is 134 Å². The summed E-state index contributed by atoms with van der Waals surface area (Å²) in [4.78, 5) is 21.2. The van der Waals surface area contributed by atoms with Crippen molar-refractivity contribution < 1.29 is 31.4 Å². The third-order valence-electron chi connectivity index (χ3n) is 13.0. The third kappa shape index (κ3) is 9.93. The molecule has 3 aromatic carbocycles. The van der Waals surface area contributed by atoms with Crippen molar-refractivity contribution in [2.75, 3.05) is 0 Å². The second-order valence-corrected chi connectivity index (χ2v) is 24.1. The normalized spacial score (nSPS) is 16.2. The minimum absolute atomic E-state index is 0. The van der Waals surface area contributed by atoms with E-state index in [0.717, 1.165) is 57.9 Å². The molecule has 2 heterocycles. The van der Waals surface area contributed by atoms with Crippen LogP contribution in [0.3, 0.4) is 0 Å². The fourth-order valence-corrected chi connectivity index (χ4v) is 15.0. The number of ketones is 1. The Morgan fingerprint density at radius 1 is 0.893 bits per heavy atom. The first-order chi connectivity index (χ1) is 26.6. The fourth-order valence-electron chi connectivity index (χ4n) is 9.96. The molecule has 0 amide bonds. The van der Waals surface area contributed by atoms with E-state index < -0.39 is 8.07 Å².